The van der Waals surface area contributed by atoms with Gasteiger partial charge in [-0.2, -0.15) is 0 Å². The summed E-state index contributed by atoms with van der Waals surface area (Å²) in [5.74, 6) is 0.454. The molecule has 146 valence electrons. The third-order valence-corrected chi connectivity index (χ3v) is 5.70. The van der Waals surface area contributed by atoms with Gasteiger partial charge < -0.3 is 15.0 Å². The Morgan fingerprint density at radius 2 is 1.88 bits per heavy atom. The molecule has 7 nitrogen and oxygen atoms in total. The van der Waals surface area contributed by atoms with Crippen molar-refractivity contribution in [3.05, 3.63) is 29.8 Å². The van der Waals surface area contributed by atoms with Crippen molar-refractivity contribution in [1.29, 1.82) is 0 Å². The third kappa shape index (κ3) is 7.31. The Morgan fingerprint density at radius 1 is 1.23 bits per heavy atom. The maximum atomic E-state index is 11.8. The standard InChI is InChI=1S/C18H29N3O4S/c1-20(26(2,23)24)14-16-6-8-17(9-7-16)25-15-18(22)19-10-5-13-21-11-3-4-12-21/h6-9H,3-5,10-15H2,1-2H3,(H,19,22). The molecule has 26 heavy (non-hydrogen) atoms. The van der Waals surface area contributed by atoms with Gasteiger partial charge in [0.1, 0.15) is 5.75 Å². The molecule has 0 bridgehead atoms. The van der Waals surface area contributed by atoms with Crippen molar-refractivity contribution in [3.8, 4) is 5.75 Å². The average Bonchev–Trinajstić information content (AvgIpc) is 3.10. The Kier molecular flexibility index (Phi) is 7.86. The summed E-state index contributed by atoms with van der Waals surface area (Å²) >= 11 is 0. The zero-order chi connectivity index (χ0) is 19.0. The minimum absolute atomic E-state index is 0.0215. The molecular formula is C18H29N3O4S. The highest BCUT2D eigenvalue weighted by atomic mass is 32.2. The van der Waals surface area contributed by atoms with Crippen molar-refractivity contribution in [1.82, 2.24) is 14.5 Å². The molecule has 0 aromatic heterocycles. The number of carbonyl (C=O) groups is 1. The smallest absolute Gasteiger partial charge is 0.257 e. The summed E-state index contributed by atoms with van der Waals surface area (Å²) < 4.78 is 29.6. The van der Waals surface area contributed by atoms with Crippen molar-refractivity contribution in [2.45, 2.75) is 25.8 Å². The van der Waals surface area contributed by atoms with Gasteiger partial charge in [-0.05, 0) is 56.6 Å². The third-order valence-electron chi connectivity index (χ3n) is 4.44. The van der Waals surface area contributed by atoms with Crippen LogP contribution in [0.5, 0.6) is 5.75 Å². The van der Waals surface area contributed by atoms with Crippen LogP contribution in [-0.4, -0.2) is 69.6 Å². The van der Waals surface area contributed by atoms with Gasteiger partial charge in [-0.15, -0.1) is 0 Å². The molecule has 0 spiro atoms. The first-order chi connectivity index (χ1) is 12.3. The zero-order valence-corrected chi connectivity index (χ0v) is 16.4. The molecule has 1 fully saturated rings. The Labute approximate surface area is 156 Å². The number of ether oxygens (including phenoxy) is 1. The van der Waals surface area contributed by atoms with Gasteiger partial charge in [-0.1, -0.05) is 12.1 Å². The van der Waals surface area contributed by atoms with Crippen LogP contribution in [0.25, 0.3) is 0 Å². The van der Waals surface area contributed by atoms with Crippen LogP contribution >= 0.6 is 0 Å². The van der Waals surface area contributed by atoms with E-state index in [9.17, 15) is 13.2 Å². The van der Waals surface area contributed by atoms with Crippen LogP contribution in [0, 0.1) is 0 Å². The maximum absolute atomic E-state index is 11.8. The van der Waals surface area contributed by atoms with Gasteiger partial charge in [0.2, 0.25) is 10.0 Å². The summed E-state index contributed by atoms with van der Waals surface area (Å²) in [7, 11) is -1.67. The molecule has 1 saturated heterocycles. The van der Waals surface area contributed by atoms with Gasteiger partial charge in [0.05, 0.1) is 6.26 Å². The number of rotatable bonds is 10. The molecule has 1 aromatic rings. The predicted molar refractivity (Wildman–Crippen MR) is 102 cm³/mol. The lowest BCUT2D eigenvalue weighted by atomic mass is 10.2. The van der Waals surface area contributed by atoms with Crippen LogP contribution in [0.4, 0.5) is 0 Å². The molecule has 0 radical (unpaired) electrons. The minimum Gasteiger partial charge on any atom is -0.484 e. The van der Waals surface area contributed by atoms with E-state index in [0.717, 1.165) is 18.5 Å². The van der Waals surface area contributed by atoms with E-state index in [0.29, 0.717) is 18.8 Å². The Hall–Kier alpha value is -1.64. The summed E-state index contributed by atoms with van der Waals surface area (Å²) in [5, 5.41) is 2.87. The molecule has 0 unspecified atom stereocenters. The number of hydrogen-bond acceptors (Lipinski definition) is 5. The SMILES string of the molecule is CN(Cc1ccc(OCC(=O)NCCCN2CCCC2)cc1)S(C)(=O)=O. The Bertz CT molecular complexity index is 670. The summed E-state index contributed by atoms with van der Waals surface area (Å²) in [6.45, 7) is 4.32. The first kappa shape index (κ1) is 20.7. The summed E-state index contributed by atoms with van der Waals surface area (Å²) in [5.41, 5.74) is 0.858. The zero-order valence-electron chi connectivity index (χ0n) is 15.6. The highest BCUT2D eigenvalue weighted by Crippen LogP contribution is 2.14. The van der Waals surface area contributed by atoms with Crippen molar-refractivity contribution in [2.24, 2.45) is 0 Å². The largest absolute Gasteiger partial charge is 0.484 e. The van der Waals surface area contributed by atoms with Crippen molar-refractivity contribution in [2.75, 3.05) is 46.1 Å². The van der Waals surface area contributed by atoms with Crippen molar-refractivity contribution in [3.63, 3.8) is 0 Å². The summed E-state index contributed by atoms with van der Waals surface area (Å²) in [6, 6.07) is 7.08. The quantitative estimate of drug-likeness (QED) is 0.611. The first-order valence-electron chi connectivity index (χ1n) is 8.97. The predicted octanol–water partition coefficient (Wildman–Crippen LogP) is 1.06. The van der Waals surface area contributed by atoms with Crippen LogP contribution in [-0.2, 0) is 21.4 Å². The average molecular weight is 384 g/mol. The van der Waals surface area contributed by atoms with E-state index in [-0.39, 0.29) is 12.5 Å². The van der Waals surface area contributed by atoms with Crippen molar-refractivity contribution < 1.29 is 17.9 Å². The number of nitrogens with one attached hydrogen (secondary N) is 1. The van der Waals surface area contributed by atoms with E-state index >= 15 is 0 Å². The minimum atomic E-state index is -3.20. The fraction of sp³-hybridized carbons (Fsp3) is 0.611. The van der Waals surface area contributed by atoms with Crippen LogP contribution in [0.1, 0.15) is 24.8 Å². The van der Waals surface area contributed by atoms with Gasteiger partial charge in [0.15, 0.2) is 6.61 Å². The molecule has 1 aliphatic heterocycles. The van der Waals surface area contributed by atoms with E-state index in [1.807, 2.05) is 0 Å². The molecule has 1 amide bonds. The second-order valence-corrected chi connectivity index (χ2v) is 8.79. The normalized spacial score (nSPS) is 15.3. The molecule has 0 aliphatic carbocycles. The monoisotopic (exact) mass is 383 g/mol. The number of hydrogen-bond donors (Lipinski definition) is 1. The lowest BCUT2D eigenvalue weighted by Crippen LogP contribution is -2.32. The molecule has 1 N–H and O–H groups in total. The number of nitrogens with zero attached hydrogens (tertiary/aromatic N) is 2. The lowest BCUT2D eigenvalue weighted by Gasteiger charge is -2.15. The summed E-state index contributed by atoms with van der Waals surface area (Å²) in [4.78, 5) is 14.2. The van der Waals surface area contributed by atoms with E-state index in [1.54, 1.807) is 24.3 Å². The second-order valence-electron chi connectivity index (χ2n) is 6.70. The molecular weight excluding hydrogens is 354 g/mol. The van der Waals surface area contributed by atoms with Crippen LogP contribution in [0.3, 0.4) is 0 Å². The van der Waals surface area contributed by atoms with E-state index in [1.165, 1.54) is 43.5 Å². The first-order valence-corrected chi connectivity index (χ1v) is 10.8. The highest BCUT2D eigenvalue weighted by Gasteiger charge is 2.12. The van der Waals surface area contributed by atoms with E-state index in [4.69, 9.17) is 4.74 Å². The van der Waals surface area contributed by atoms with Gasteiger partial charge in [0, 0.05) is 20.1 Å². The number of carbonyl (C=O) groups excluding carboxylic acids is 1. The van der Waals surface area contributed by atoms with Crippen molar-refractivity contribution >= 4 is 15.9 Å². The fourth-order valence-electron chi connectivity index (χ4n) is 2.80. The fourth-order valence-corrected chi connectivity index (χ4v) is 3.19. The maximum Gasteiger partial charge on any atom is 0.257 e. The Morgan fingerprint density at radius 3 is 2.50 bits per heavy atom. The molecule has 1 aromatic carbocycles. The van der Waals surface area contributed by atoms with Gasteiger partial charge in [0.25, 0.3) is 5.91 Å². The number of sulfonamides is 1. The molecule has 1 heterocycles. The molecule has 2 rings (SSSR count). The van der Waals surface area contributed by atoms with Gasteiger partial charge >= 0.3 is 0 Å². The Balaban J connectivity index is 1.64. The van der Waals surface area contributed by atoms with E-state index < -0.39 is 10.0 Å². The summed E-state index contributed by atoms with van der Waals surface area (Å²) in [6.07, 6.45) is 4.69. The lowest BCUT2D eigenvalue weighted by molar-refractivity contribution is -0.123. The van der Waals surface area contributed by atoms with E-state index in [2.05, 4.69) is 10.2 Å². The van der Waals surface area contributed by atoms with Gasteiger partial charge in [-0.3, -0.25) is 4.79 Å². The molecule has 0 saturated carbocycles. The number of likely N-dealkylation sites (tertiary alicyclic amines) is 1. The highest BCUT2D eigenvalue weighted by molar-refractivity contribution is 7.88. The van der Waals surface area contributed by atoms with Crippen LogP contribution in [0.15, 0.2) is 24.3 Å². The number of benzene rings is 1. The van der Waals surface area contributed by atoms with Crippen LogP contribution in [0.2, 0.25) is 0 Å². The van der Waals surface area contributed by atoms with Crippen LogP contribution < -0.4 is 10.1 Å². The number of amides is 1. The molecule has 8 heteroatoms. The second kappa shape index (κ2) is 9.89. The van der Waals surface area contributed by atoms with Gasteiger partial charge in [-0.25, -0.2) is 12.7 Å². The molecule has 1 aliphatic rings. The molecule has 0 atom stereocenters. The topological polar surface area (TPSA) is 79.0 Å².